The van der Waals surface area contributed by atoms with Crippen LogP contribution in [0.15, 0.2) is 16.8 Å². The second-order valence-electron chi connectivity index (χ2n) is 2.58. The van der Waals surface area contributed by atoms with Gasteiger partial charge in [0.05, 0.1) is 9.85 Å². The zero-order chi connectivity index (χ0) is 11.0. The van der Waals surface area contributed by atoms with Gasteiger partial charge in [0.25, 0.3) is 0 Å². The molecule has 16 heavy (non-hydrogen) atoms. The molecule has 2 rings (SSSR count). The Morgan fingerprint density at radius 2 is 1.88 bits per heavy atom. The van der Waals surface area contributed by atoms with Crippen molar-refractivity contribution in [2.75, 3.05) is 0 Å². The summed E-state index contributed by atoms with van der Waals surface area (Å²) in [6, 6.07) is 2.22. The normalized spacial score (nSPS) is 9.75. The molecule has 0 fully saturated rings. The Bertz CT molecular complexity index is 573. The van der Waals surface area contributed by atoms with Gasteiger partial charge in [0, 0.05) is 6.07 Å². The van der Waals surface area contributed by atoms with E-state index in [1.54, 1.807) is 0 Å². The molecular formula is C6H3KN4O5. The molecule has 0 radical (unpaired) electrons. The van der Waals surface area contributed by atoms with E-state index >= 15 is 0 Å². The standard InChI is InChI=1S/C6H2N4O5.K.H/c11-9(12)4-2-1-3-5(8-15-7-3)6(4)10(13)14;;/h1-2H;;/q;+1;-1. The van der Waals surface area contributed by atoms with Gasteiger partial charge < -0.3 is 1.43 Å². The number of aromatic nitrogens is 2. The van der Waals surface area contributed by atoms with Gasteiger partial charge in [0.2, 0.25) is 5.52 Å². The first kappa shape index (κ1) is 13.1. The third-order valence-corrected chi connectivity index (χ3v) is 1.76. The Hall–Kier alpha value is -0.944. The van der Waals surface area contributed by atoms with Crippen LogP contribution in [-0.2, 0) is 0 Å². The van der Waals surface area contributed by atoms with Gasteiger partial charge >= 0.3 is 62.8 Å². The molecule has 78 valence electrons. The molecule has 1 heterocycles. The van der Waals surface area contributed by atoms with Crippen LogP contribution in [0, 0.1) is 20.2 Å². The summed E-state index contributed by atoms with van der Waals surface area (Å²) in [6.07, 6.45) is 0. The average molecular weight is 250 g/mol. The average Bonchev–Trinajstić information content (AvgIpc) is 2.62. The summed E-state index contributed by atoms with van der Waals surface area (Å²) in [7, 11) is 0. The van der Waals surface area contributed by atoms with Gasteiger partial charge in [-0.05, 0) is 16.4 Å². The maximum Gasteiger partial charge on any atom is 1.00 e. The van der Waals surface area contributed by atoms with Crippen molar-refractivity contribution in [2.45, 2.75) is 0 Å². The van der Waals surface area contributed by atoms with Crippen molar-refractivity contribution in [1.29, 1.82) is 0 Å². The molecule has 0 aliphatic rings. The maximum atomic E-state index is 10.6. The number of nitro groups is 2. The third kappa shape index (κ3) is 2.10. The van der Waals surface area contributed by atoms with Crippen LogP contribution in [0.5, 0.6) is 0 Å². The predicted octanol–water partition coefficient (Wildman–Crippen LogP) is -1.84. The molecule has 0 bridgehead atoms. The summed E-state index contributed by atoms with van der Waals surface area (Å²) in [6.45, 7) is 0. The Morgan fingerprint density at radius 1 is 1.19 bits per heavy atom. The summed E-state index contributed by atoms with van der Waals surface area (Å²) in [5.74, 6) is 0. The van der Waals surface area contributed by atoms with E-state index in [1.807, 2.05) is 0 Å². The number of fused-ring (bicyclic) bond motifs is 1. The van der Waals surface area contributed by atoms with Crippen LogP contribution in [0.3, 0.4) is 0 Å². The van der Waals surface area contributed by atoms with Crippen molar-refractivity contribution >= 4 is 22.4 Å². The topological polar surface area (TPSA) is 125 Å². The van der Waals surface area contributed by atoms with Crippen LogP contribution < -0.4 is 51.4 Å². The van der Waals surface area contributed by atoms with Gasteiger partial charge in [-0.25, -0.2) is 4.63 Å². The Labute approximate surface area is 131 Å². The number of hydrogen-bond donors (Lipinski definition) is 0. The number of rotatable bonds is 2. The van der Waals surface area contributed by atoms with Crippen LogP contribution in [0.1, 0.15) is 1.43 Å². The Balaban J connectivity index is 0.00000128. The Kier molecular flexibility index (Phi) is 4.04. The first-order valence-electron chi connectivity index (χ1n) is 3.65. The fourth-order valence-corrected chi connectivity index (χ4v) is 1.15. The molecule has 0 saturated heterocycles. The minimum atomic E-state index is -0.884. The molecule has 0 unspecified atom stereocenters. The van der Waals surface area contributed by atoms with Gasteiger partial charge in [-0.3, -0.25) is 20.2 Å². The maximum absolute atomic E-state index is 10.6. The van der Waals surface area contributed by atoms with Crippen LogP contribution in [0.25, 0.3) is 11.0 Å². The summed E-state index contributed by atoms with van der Waals surface area (Å²) >= 11 is 0. The molecule has 1 aromatic heterocycles. The number of nitro benzene ring substituents is 2. The zero-order valence-corrected chi connectivity index (χ0v) is 11.1. The molecular weight excluding hydrogens is 247 g/mol. The smallest absolute Gasteiger partial charge is 1.00 e. The first-order chi connectivity index (χ1) is 7.11. The van der Waals surface area contributed by atoms with Crippen molar-refractivity contribution < 1.29 is 67.3 Å². The summed E-state index contributed by atoms with van der Waals surface area (Å²) < 4.78 is 4.26. The van der Waals surface area contributed by atoms with Gasteiger partial charge in [-0.15, -0.1) is 0 Å². The fourth-order valence-electron chi connectivity index (χ4n) is 1.15. The summed E-state index contributed by atoms with van der Waals surface area (Å²) in [5, 5.41) is 27.7. The zero-order valence-electron chi connectivity index (χ0n) is 8.98. The molecule has 0 saturated carbocycles. The SMILES string of the molecule is O=[N+]([O-])c1ccc2nonc2c1[N+](=O)[O-].[H-].[K+]. The molecule has 0 N–H and O–H groups in total. The molecule has 9 nitrogen and oxygen atoms in total. The molecule has 0 atom stereocenters. The van der Waals surface area contributed by atoms with Crippen molar-refractivity contribution in [2.24, 2.45) is 0 Å². The van der Waals surface area contributed by atoms with E-state index in [0.29, 0.717) is 0 Å². The molecule has 2 aromatic rings. The van der Waals surface area contributed by atoms with Crippen molar-refractivity contribution in [3.05, 3.63) is 32.4 Å². The molecule has 10 heteroatoms. The molecule has 0 amide bonds. The number of hydrogen-bond acceptors (Lipinski definition) is 7. The van der Waals surface area contributed by atoms with Crippen LogP contribution in [0.2, 0.25) is 0 Å². The minimum Gasteiger partial charge on any atom is -1.00 e. The van der Waals surface area contributed by atoms with Crippen LogP contribution in [-0.4, -0.2) is 20.2 Å². The molecule has 0 spiro atoms. The van der Waals surface area contributed by atoms with E-state index in [9.17, 15) is 20.2 Å². The first-order valence-corrected chi connectivity index (χ1v) is 3.65. The van der Waals surface area contributed by atoms with E-state index in [2.05, 4.69) is 14.9 Å². The molecule has 1 aromatic carbocycles. The second-order valence-corrected chi connectivity index (χ2v) is 2.58. The van der Waals surface area contributed by atoms with E-state index in [1.165, 1.54) is 6.07 Å². The Morgan fingerprint density at radius 3 is 2.44 bits per heavy atom. The summed E-state index contributed by atoms with van der Waals surface area (Å²) in [5.41, 5.74) is -1.47. The van der Waals surface area contributed by atoms with E-state index in [4.69, 9.17) is 0 Å². The van der Waals surface area contributed by atoms with E-state index < -0.39 is 21.2 Å². The van der Waals surface area contributed by atoms with Crippen molar-refractivity contribution in [3.63, 3.8) is 0 Å². The largest absolute Gasteiger partial charge is 1.00 e. The van der Waals surface area contributed by atoms with Crippen LogP contribution >= 0.6 is 0 Å². The fraction of sp³-hybridized carbons (Fsp3) is 0. The third-order valence-electron chi connectivity index (χ3n) is 1.76. The van der Waals surface area contributed by atoms with Gasteiger partial charge in [0.15, 0.2) is 0 Å². The number of nitrogens with zero attached hydrogens (tertiary/aromatic N) is 4. The van der Waals surface area contributed by atoms with Gasteiger partial charge in [-0.1, -0.05) is 0 Å². The van der Waals surface area contributed by atoms with Crippen molar-refractivity contribution in [1.82, 2.24) is 10.3 Å². The van der Waals surface area contributed by atoms with E-state index in [-0.39, 0.29) is 63.8 Å². The van der Waals surface area contributed by atoms with Crippen molar-refractivity contribution in [3.8, 4) is 0 Å². The minimum absolute atomic E-state index is 0. The second kappa shape index (κ2) is 4.93. The summed E-state index contributed by atoms with van der Waals surface area (Å²) in [4.78, 5) is 19.4. The van der Waals surface area contributed by atoms with Crippen LogP contribution in [0.4, 0.5) is 11.4 Å². The van der Waals surface area contributed by atoms with Gasteiger partial charge in [0.1, 0.15) is 5.52 Å². The number of benzene rings is 1. The van der Waals surface area contributed by atoms with E-state index in [0.717, 1.165) is 6.07 Å². The molecule has 0 aliphatic carbocycles. The quantitative estimate of drug-likeness (QED) is 0.348. The molecule has 0 aliphatic heterocycles. The predicted molar refractivity (Wildman–Crippen MR) is 46.2 cm³/mol. The monoisotopic (exact) mass is 250 g/mol. The van der Waals surface area contributed by atoms with Gasteiger partial charge in [-0.2, -0.15) is 0 Å².